The van der Waals surface area contributed by atoms with Gasteiger partial charge in [0.25, 0.3) is 6.29 Å². The summed E-state index contributed by atoms with van der Waals surface area (Å²) in [4.78, 5) is 51.6. The standard InChI is InChI=1S/C23H19NO7/c1-12(25)29-22(30-13(2)26)23-11-10-17(31-23)18-19(23)21(28)24(20(18)27)16-9-5-7-14-6-3-4-8-15(14)16/h3-11,17-19,22H,1-2H3/t17-,18-,19-,23-/m1/s1. The molecule has 0 spiro atoms. The van der Waals surface area contributed by atoms with Crippen LogP contribution in [-0.4, -0.2) is 41.7 Å². The lowest BCUT2D eigenvalue weighted by Gasteiger charge is -2.34. The summed E-state index contributed by atoms with van der Waals surface area (Å²) in [6.07, 6.45) is 1.05. The van der Waals surface area contributed by atoms with E-state index in [2.05, 4.69) is 0 Å². The highest BCUT2D eigenvalue weighted by Crippen LogP contribution is 2.55. The predicted molar refractivity (Wildman–Crippen MR) is 107 cm³/mol. The molecule has 2 amide bonds. The number of rotatable bonds is 4. The summed E-state index contributed by atoms with van der Waals surface area (Å²) in [5.41, 5.74) is -1.08. The zero-order valence-electron chi connectivity index (χ0n) is 16.8. The van der Waals surface area contributed by atoms with Crippen LogP contribution in [0.4, 0.5) is 5.69 Å². The number of fused-ring (bicyclic) bond motifs is 6. The number of hydrogen-bond donors (Lipinski definition) is 0. The summed E-state index contributed by atoms with van der Waals surface area (Å²) >= 11 is 0. The molecule has 5 rings (SSSR count). The second kappa shape index (κ2) is 6.75. The topological polar surface area (TPSA) is 99.2 Å². The van der Waals surface area contributed by atoms with Gasteiger partial charge in [0.05, 0.1) is 23.6 Å². The second-order valence-corrected chi connectivity index (χ2v) is 7.86. The lowest BCUT2D eigenvalue weighted by molar-refractivity contribution is -0.226. The van der Waals surface area contributed by atoms with Crippen molar-refractivity contribution in [3.63, 3.8) is 0 Å². The van der Waals surface area contributed by atoms with Crippen molar-refractivity contribution in [3.8, 4) is 0 Å². The fourth-order valence-corrected chi connectivity index (χ4v) is 4.86. The first-order valence-electron chi connectivity index (χ1n) is 9.90. The van der Waals surface area contributed by atoms with Gasteiger partial charge < -0.3 is 14.2 Å². The maximum Gasteiger partial charge on any atom is 0.305 e. The van der Waals surface area contributed by atoms with Crippen LogP contribution in [0.3, 0.4) is 0 Å². The Morgan fingerprint density at radius 3 is 2.39 bits per heavy atom. The molecule has 4 atom stereocenters. The van der Waals surface area contributed by atoms with Crippen molar-refractivity contribution >= 4 is 40.2 Å². The van der Waals surface area contributed by atoms with Gasteiger partial charge in [-0.1, -0.05) is 42.5 Å². The number of carbonyl (C=O) groups is 4. The maximum atomic E-state index is 13.6. The van der Waals surface area contributed by atoms with Gasteiger partial charge in [-0.2, -0.15) is 0 Å². The van der Waals surface area contributed by atoms with Crippen molar-refractivity contribution < 1.29 is 33.4 Å². The highest BCUT2D eigenvalue weighted by atomic mass is 16.7. The molecule has 3 aliphatic rings. The van der Waals surface area contributed by atoms with Gasteiger partial charge in [0.2, 0.25) is 11.8 Å². The SMILES string of the molecule is CC(=O)OC(OC(C)=O)[C@]12C=C[C@@H](O1)[C@H]1C(=O)N(c3cccc4ccccc34)C(=O)[C@@H]12. The van der Waals surface area contributed by atoms with E-state index in [4.69, 9.17) is 14.2 Å². The monoisotopic (exact) mass is 421 g/mol. The van der Waals surface area contributed by atoms with E-state index in [1.807, 2.05) is 30.3 Å². The molecule has 2 bridgehead atoms. The molecule has 158 valence electrons. The van der Waals surface area contributed by atoms with Crippen molar-refractivity contribution in [1.82, 2.24) is 0 Å². The van der Waals surface area contributed by atoms with E-state index in [0.717, 1.165) is 10.8 Å². The number of hydrogen-bond acceptors (Lipinski definition) is 7. The lowest BCUT2D eigenvalue weighted by Crippen LogP contribution is -2.52. The van der Waals surface area contributed by atoms with E-state index in [1.54, 1.807) is 24.3 Å². The van der Waals surface area contributed by atoms with Crippen molar-refractivity contribution in [3.05, 3.63) is 54.6 Å². The quantitative estimate of drug-likeness (QED) is 0.323. The summed E-state index contributed by atoms with van der Waals surface area (Å²) < 4.78 is 16.4. The summed E-state index contributed by atoms with van der Waals surface area (Å²) in [5, 5.41) is 1.65. The third-order valence-electron chi connectivity index (χ3n) is 6.00. The molecule has 3 aliphatic heterocycles. The Kier molecular flexibility index (Phi) is 4.23. The number of imide groups is 1. The molecule has 31 heavy (non-hydrogen) atoms. The molecule has 2 saturated heterocycles. The van der Waals surface area contributed by atoms with Crippen LogP contribution in [-0.2, 0) is 33.4 Å². The molecule has 0 N–H and O–H groups in total. The van der Waals surface area contributed by atoms with Gasteiger partial charge in [-0.05, 0) is 17.5 Å². The minimum atomic E-state index is -1.56. The number of benzene rings is 2. The van der Waals surface area contributed by atoms with Crippen LogP contribution < -0.4 is 4.90 Å². The third-order valence-corrected chi connectivity index (χ3v) is 6.00. The van der Waals surface area contributed by atoms with Gasteiger partial charge >= 0.3 is 11.9 Å². The summed E-state index contributed by atoms with van der Waals surface area (Å²) in [6, 6.07) is 12.9. The highest BCUT2D eigenvalue weighted by Gasteiger charge is 2.72. The molecule has 2 aromatic rings. The van der Waals surface area contributed by atoms with Crippen LogP contribution in [0.2, 0.25) is 0 Å². The van der Waals surface area contributed by atoms with Crippen LogP contribution in [0.1, 0.15) is 13.8 Å². The van der Waals surface area contributed by atoms with E-state index in [1.165, 1.54) is 18.7 Å². The first-order valence-corrected chi connectivity index (χ1v) is 9.90. The van der Waals surface area contributed by atoms with Gasteiger partial charge in [0.15, 0.2) is 5.60 Å². The molecule has 0 aromatic heterocycles. The molecule has 0 saturated carbocycles. The van der Waals surface area contributed by atoms with E-state index in [0.29, 0.717) is 5.69 Å². The summed E-state index contributed by atoms with van der Waals surface area (Å²) in [7, 11) is 0. The Morgan fingerprint density at radius 2 is 1.68 bits per heavy atom. The fraction of sp³-hybridized carbons (Fsp3) is 0.304. The number of amides is 2. The largest absolute Gasteiger partial charge is 0.422 e. The molecular formula is C23H19NO7. The predicted octanol–water partition coefficient (Wildman–Crippen LogP) is 2.11. The van der Waals surface area contributed by atoms with E-state index >= 15 is 0 Å². The van der Waals surface area contributed by atoms with Crippen LogP contribution in [0.5, 0.6) is 0 Å². The molecule has 2 fully saturated rings. The molecule has 8 heteroatoms. The van der Waals surface area contributed by atoms with Crippen LogP contribution in [0.25, 0.3) is 10.8 Å². The van der Waals surface area contributed by atoms with Gasteiger partial charge in [-0.25, -0.2) is 4.90 Å². The molecule has 0 aliphatic carbocycles. The average Bonchev–Trinajstić information content (AvgIpc) is 3.38. The minimum absolute atomic E-state index is 0.396. The average molecular weight is 421 g/mol. The number of carbonyl (C=O) groups excluding carboxylic acids is 4. The first kappa shape index (κ1) is 19.4. The Labute approximate surface area is 177 Å². The van der Waals surface area contributed by atoms with Crippen LogP contribution in [0.15, 0.2) is 54.6 Å². The van der Waals surface area contributed by atoms with Gasteiger partial charge in [-0.15, -0.1) is 0 Å². The van der Waals surface area contributed by atoms with Crippen molar-refractivity contribution in [2.75, 3.05) is 4.90 Å². The zero-order chi connectivity index (χ0) is 21.9. The van der Waals surface area contributed by atoms with Crippen molar-refractivity contribution in [2.45, 2.75) is 31.8 Å². The lowest BCUT2D eigenvalue weighted by atomic mass is 9.76. The number of ether oxygens (including phenoxy) is 3. The van der Waals surface area contributed by atoms with Crippen LogP contribution >= 0.6 is 0 Å². The Bertz CT molecular complexity index is 1150. The molecular weight excluding hydrogens is 402 g/mol. The Hall–Kier alpha value is -3.52. The van der Waals surface area contributed by atoms with E-state index in [-0.39, 0.29) is 0 Å². The molecule has 0 radical (unpaired) electrons. The van der Waals surface area contributed by atoms with Gasteiger partial charge in [0, 0.05) is 19.2 Å². The van der Waals surface area contributed by atoms with Crippen LogP contribution in [0, 0.1) is 11.8 Å². The molecule has 3 heterocycles. The fourth-order valence-electron chi connectivity index (χ4n) is 4.86. The third kappa shape index (κ3) is 2.71. The number of anilines is 1. The van der Waals surface area contributed by atoms with E-state index < -0.39 is 53.6 Å². The van der Waals surface area contributed by atoms with Crippen molar-refractivity contribution in [1.29, 1.82) is 0 Å². The second-order valence-electron chi connectivity index (χ2n) is 7.86. The molecule has 8 nitrogen and oxygen atoms in total. The van der Waals surface area contributed by atoms with Crippen molar-refractivity contribution in [2.24, 2.45) is 11.8 Å². The molecule has 0 unspecified atom stereocenters. The van der Waals surface area contributed by atoms with Gasteiger partial charge in [-0.3, -0.25) is 19.2 Å². The van der Waals surface area contributed by atoms with Gasteiger partial charge in [0.1, 0.15) is 0 Å². The summed E-state index contributed by atoms with van der Waals surface area (Å²) in [5.74, 6) is -4.07. The smallest absolute Gasteiger partial charge is 0.305 e. The van der Waals surface area contributed by atoms with E-state index in [9.17, 15) is 19.2 Å². The first-order chi connectivity index (χ1) is 14.8. The Balaban J connectivity index is 1.60. The number of nitrogens with zero attached hydrogens (tertiary/aromatic N) is 1. The molecule has 2 aromatic carbocycles. The normalized spacial score (nSPS) is 28.5. The highest BCUT2D eigenvalue weighted by molar-refractivity contribution is 6.26. The Morgan fingerprint density at radius 1 is 1.00 bits per heavy atom. The maximum absolute atomic E-state index is 13.6. The summed E-state index contributed by atoms with van der Waals surface area (Å²) in [6.45, 7) is 2.33. The minimum Gasteiger partial charge on any atom is -0.422 e. The number of esters is 2. The zero-order valence-corrected chi connectivity index (χ0v) is 16.8.